The largest absolute Gasteiger partial charge is 0.495 e. The van der Waals surface area contributed by atoms with E-state index in [1.54, 1.807) is 7.11 Å². The van der Waals surface area contributed by atoms with Gasteiger partial charge in [-0.05, 0) is 12.1 Å². The van der Waals surface area contributed by atoms with Crippen LogP contribution < -0.4 is 15.4 Å². The summed E-state index contributed by atoms with van der Waals surface area (Å²) in [6, 6.07) is 5.58. The normalized spacial score (nSPS) is 9.93. The number of rotatable bonds is 4. The molecule has 0 spiro atoms. The van der Waals surface area contributed by atoms with E-state index in [4.69, 9.17) is 15.6 Å². The van der Waals surface area contributed by atoms with E-state index >= 15 is 0 Å². The molecular formula is C10H16N2O2. The van der Waals surface area contributed by atoms with Gasteiger partial charge in [0.15, 0.2) is 0 Å². The number of hydrogen-bond donors (Lipinski definition) is 2. The molecule has 0 saturated heterocycles. The minimum Gasteiger partial charge on any atom is -0.495 e. The molecule has 0 fully saturated rings. The Bertz CT molecular complexity index is 302. The molecule has 4 heteroatoms. The molecule has 1 aromatic rings. The number of nitrogen functional groups attached to an aromatic ring is 1. The van der Waals surface area contributed by atoms with Gasteiger partial charge < -0.3 is 20.5 Å². The van der Waals surface area contributed by atoms with Crippen molar-refractivity contribution in [2.75, 3.05) is 37.9 Å². The topological polar surface area (TPSA) is 58.7 Å². The predicted octanol–water partition coefficient (Wildman–Crippen LogP) is 0.706. The van der Waals surface area contributed by atoms with Crippen LogP contribution in [-0.2, 0) is 0 Å². The second-order valence-electron chi connectivity index (χ2n) is 3.04. The van der Waals surface area contributed by atoms with Crippen molar-refractivity contribution in [1.82, 2.24) is 0 Å². The molecule has 0 aliphatic heterocycles. The highest BCUT2D eigenvalue weighted by Crippen LogP contribution is 2.30. The molecule has 14 heavy (non-hydrogen) atoms. The highest BCUT2D eigenvalue weighted by Gasteiger charge is 2.08. The Morgan fingerprint density at radius 3 is 2.79 bits per heavy atom. The molecule has 0 bridgehead atoms. The number of hydrogen-bond acceptors (Lipinski definition) is 4. The van der Waals surface area contributed by atoms with Gasteiger partial charge in [-0.3, -0.25) is 0 Å². The van der Waals surface area contributed by atoms with Crippen molar-refractivity contribution in [2.24, 2.45) is 0 Å². The molecule has 0 unspecified atom stereocenters. The van der Waals surface area contributed by atoms with E-state index in [1.165, 1.54) is 0 Å². The van der Waals surface area contributed by atoms with E-state index in [2.05, 4.69) is 0 Å². The fourth-order valence-electron chi connectivity index (χ4n) is 1.31. The van der Waals surface area contributed by atoms with Crippen LogP contribution in [0, 0.1) is 0 Å². The third kappa shape index (κ3) is 2.09. The van der Waals surface area contributed by atoms with Crippen molar-refractivity contribution in [3.05, 3.63) is 18.2 Å². The summed E-state index contributed by atoms with van der Waals surface area (Å²) in [4.78, 5) is 1.89. The lowest BCUT2D eigenvalue weighted by atomic mass is 10.2. The Labute approximate surface area is 83.9 Å². The van der Waals surface area contributed by atoms with E-state index in [1.807, 2.05) is 30.1 Å². The molecule has 0 heterocycles. The fourth-order valence-corrected chi connectivity index (χ4v) is 1.31. The van der Waals surface area contributed by atoms with Gasteiger partial charge in [-0.25, -0.2) is 0 Å². The molecule has 0 atom stereocenters. The minimum atomic E-state index is 0.104. The molecule has 1 aromatic carbocycles. The van der Waals surface area contributed by atoms with Gasteiger partial charge >= 0.3 is 0 Å². The third-order valence-corrected chi connectivity index (χ3v) is 2.11. The van der Waals surface area contributed by atoms with Crippen molar-refractivity contribution in [2.45, 2.75) is 0 Å². The lowest BCUT2D eigenvalue weighted by Gasteiger charge is -2.20. The summed E-state index contributed by atoms with van der Waals surface area (Å²) in [6.45, 7) is 0.657. The Hall–Kier alpha value is -1.42. The zero-order valence-corrected chi connectivity index (χ0v) is 8.53. The van der Waals surface area contributed by atoms with Crippen LogP contribution in [0.1, 0.15) is 0 Å². The number of para-hydroxylation sites is 1. The van der Waals surface area contributed by atoms with Gasteiger partial charge in [-0.15, -0.1) is 0 Å². The van der Waals surface area contributed by atoms with Crippen LogP contribution >= 0.6 is 0 Å². The average molecular weight is 196 g/mol. The maximum atomic E-state index is 8.80. The van der Waals surface area contributed by atoms with E-state index in [0.29, 0.717) is 18.0 Å². The summed E-state index contributed by atoms with van der Waals surface area (Å²) >= 11 is 0. The van der Waals surface area contributed by atoms with Crippen LogP contribution in [0.3, 0.4) is 0 Å². The average Bonchev–Trinajstić information content (AvgIpc) is 2.18. The zero-order chi connectivity index (χ0) is 10.6. The first-order chi connectivity index (χ1) is 6.70. The summed E-state index contributed by atoms with van der Waals surface area (Å²) < 4.78 is 5.10. The van der Waals surface area contributed by atoms with Crippen molar-refractivity contribution in [1.29, 1.82) is 0 Å². The lowest BCUT2D eigenvalue weighted by molar-refractivity contribution is 0.304. The van der Waals surface area contributed by atoms with Gasteiger partial charge in [-0.2, -0.15) is 0 Å². The maximum Gasteiger partial charge on any atom is 0.143 e. The van der Waals surface area contributed by atoms with Gasteiger partial charge in [-0.1, -0.05) is 6.07 Å². The first-order valence-electron chi connectivity index (χ1n) is 4.45. The Balaban J connectivity index is 2.96. The molecule has 1 rings (SSSR count). The van der Waals surface area contributed by atoms with E-state index in [9.17, 15) is 0 Å². The van der Waals surface area contributed by atoms with Gasteiger partial charge in [0.25, 0.3) is 0 Å². The van der Waals surface area contributed by atoms with Crippen molar-refractivity contribution in [3.8, 4) is 5.75 Å². The van der Waals surface area contributed by atoms with Crippen molar-refractivity contribution in [3.63, 3.8) is 0 Å². The van der Waals surface area contributed by atoms with E-state index < -0.39 is 0 Å². The van der Waals surface area contributed by atoms with Crippen LogP contribution in [0.25, 0.3) is 0 Å². The lowest BCUT2D eigenvalue weighted by Crippen LogP contribution is -2.22. The van der Waals surface area contributed by atoms with Crippen molar-refractivity contribution >= 4 is 11.4 Å². The van der Waals surface area contributed by atoms with Crippen molar-refractivity contribution < 1.29 is 9.84 Å². The Kier molecular flexibility index (Phi) is 3.59. The SMILES string of the molecule is COc1cccc(N(C)CCO)c1N. The van der Waals surface area contributed by atoms with Crippen LogP contribution in [0.5, 0.6) is 5.75 Å². The van der Waals surface area contributed by atoms with Crippen LogP contribution in [0.2, 0.25) is 0 Å². The molecule has 0 amide bonds. The molecular weight excluding hydrogens is 180 g/mol. The smallest absolute Gasteiger partial charge is 0.143 e. The number of nitrogens with zero attached hydrogens (tertiary/aromatic N) is 1. The number of ether oxygens (including phenoxy) is 1. The quantitative estimate of drug-likeness (QED) is 0.696. The number of anilines is 2. The molecule has 0 aliphatic carbocycles. The number of aliphatic hydroxyl groups is 1. The minimum absolute atomic E-state index is 0.104. The van der Waals surface area contributed by atoms with Gasteiger partial charge in [0.05, 0.1) is 25.1 Å². The first-order valence-corrected chi connectivity index (χ1v) is 4.45. The monoisotopic (exact) mass is 196 g/mol. The number of aliphatic hydroxyl groups excluding tert-OH is 1. The first kappa shape index (κ1) is 10.7. The summed E-state index contributed by atoms with van der Waals surface area (Å²) in [5.74, 6) is 0.660. The molecule has 0 aromatic heterocycles. The molecule has 0 saturated carbocycles. The van der Waals surface area contributed by atoms with Crippen LogP contribution in [-0.4, -0.2) is 32.4 Å². The number of benzene rings is 1. The summed E-state index contributed by atoms with van der Waals surface area (Å²) in [5, 5.41) is 8.80. The van der Waals surface area contributed by atoms with Gasteiger partial charge in [0.2, 0.25) is 0 Å². The second kappa shape index (κ2) is 4.72. The summed E-state index contributed by atoms with van der Waals surface area (Å²) in [5.41, 5.74) is 7.35. The summed E-state index contributed by atoms with van der Waals surface area (Å²) in [6.07, 6.45) is 0. The molecule has 78 valence electrons. The van der Waals surface area contributed by atoms with E-state index in [-0.39, 0.29) is 6.61 Å². The third-order valence-electron chi connectivity index (χ3n) is 2.11. The standard InChI is InChI=1S/C10H16N2O2/c1-12(6-7-13)8-4-3-5-9(14-2)10(8)11/h3-5,13H,6-7,11H2,1-2H3. The fraction of sp³-hybridized carbons (Fsp3) is 0.400. The number of methoxy groups -OCH3 is 1. The molecule has 4 nitrogen and oxygen atoms in total. The Morgan fingerprint density at radius 2 is 2.21 bits per heavy atom. The highest BCUT2D eigenvalue weighted by atomic mass is 16.5. The molecule has 3 N–H and O–H groups in total. The maximum absolute atomic E-state index is 8.80. The Morgan fingerprint density at radius 1 is 1.50 bits per heavy atom. The highest BCUT2D eigenvalue weighted by molar-refractivity contribution is 5.73. The van der Waals surface area contributed by atoms with Gasteiger partial charge in [0, 0.05) is 13.6 Å². The van der Waals surface area contributed by atoms with Crippen LogP contribution in [0.4, 0.5) is 11.4 Å². The number of likely N-dealkylation sites (N-methyl/N-ethyl adjacent to an activating group) is 1. The summed E-state index contributed by atoms with van der Waals surface area (Å²) in [7, 11) is 3.46. The van der Waals surface area contributed by atoms with Crippen LogP contribution in [0.15, 0.2) is 18.2 Å². The van der Waals surface area contributed by atoms with E-state index in [0.717, 1.165) is 5.69 Å². The molecule has 0 radical (unpaired) electrons. The zero-order valence-electron chi connectivity index (χ0n) is 8.53. The predicted molar refractivity (Wildman–Crippen MR) is 57.8 cm³/mol. The molecule has 0 aliphatic rings. The van der Waals surface area contributed by atoms with Gasteiger partial charge in [0.1, 0.15) is 5.75 Å². The second-order valence-corrected chi connectivity index (χ2v) is 3.04. The number of nitrogens with two attached hydrogens (primary N) is 1.